The zero-order chi connectivity index (χ0) is 13.5. The lowest BCUT2D eigenvalue weighted by atomic mass is 10.2. The molecule has 0 radical (unpaired) electrons. The Kier molecular flexibility index (Phi) is 6.67. The van der Waals surface area contributed by atoms with Gasteiger partial charge in [-0.25, -0.2) is 4.79 Å². The maximum absolute atomic E-state index is 10.8. The van der Waals surface area contributed by atoms with E-state index in [1.54, 1.807) is 0 Å². The molecule has 1 aromatic rings. The molecule has 0 aromatic heterocycles. The van der Waals surface area contributed by atoms with Gasteiger partial charge in [0.25, 0.3) is 0 Å². The van der Waals surface area contributed by atoms with E-state index in [1.807, 2.05) is 6.92 Å². The van der Waals surface area contributed by atoms with E-state index in [2.05, 4.69) is 31.9 Å². The van der Waals surface area contributed by atoms with Gasteiger partial charge in [0.2, 0.25) is 0 Å². The van der Waals surface area contributed by atoms with Crippen LogP contribution in [0.4, 0.5) is 0 Å². The molecule has 0 atom stereocenters. The van der Waals surface area contributed by atoms with Gasteiger partial charge in [-0.1, -0.05) is 6.92 Å². The molecule has 0 fully saturated rings. The molecule has 0 bridgehead atoms. The van der Waals surface area contributed by atoms with E-state index >= 15 is 0 Å². The van der Waals surface area contributed by atoms with Gasteiger partial charge in [0.05, 0.1) is 21.1 Å². The number of hydrogen-bond donors (Lipinski definition) is 1. The van der Waals surface area contributed by atoms with Crippen molar-refractivity contribution in [1.82, 2.24) is 0 Å². The van der Waals surface area contributed by atoms with Crippen LogP contribution in [0.25, 0.3) is 0 Å². The second-order valence-electron chi connectivity index (χ2n) is 3.54. The highest BCUT2D eigenvalue weighted by molar-refractivity contribution is 9.11. The molecule has 0 aliphatic rings. The normalized spacial score (nSPS) is 10.4. The zero-order valence-corrected chi connectivity index (χ0v) is 13.1. The Hall–Kier alpha value is -0.590. The van der Waals surface area contributed by atoms with Gasteiger partial charge in [-0.15, -0.1) is 0 Å². The van der Waals surface area contributed by atoms with Crippen LogP contribution in [0.1, 0.15) is 23.7 Å². The van der Waals surface area contributed by atoms with Gasteiger partial charge in [-0.05, 0) is 50.4 Å². The topological polar surface area (TPSA) is 55.8 Å². The SMILES string of the molecule is CCCOCCOc1c(Br)cc(C(=O)O)cc1Br. The van der Waals surface area contributed by atoms with Crippen molar-refractivity contribution in [2.75, 3.05) is 19.8 Å². The highest BCUT2D eigenvalue weighted by atomic mass is 79.9. The third-order valence-electron chi connectivity index (χ3n) is 2.07. The van der Waals surface area contributed by atoms with Crippen LogP contribution in [-0.2, 0) is 4.74 Å². The molecule has 1 aromatic carbocycles. The lowest BCUT2D eigenvalue weighted by Crippen LogP contribution is -2.08. The highest BCUT2D eigenvalue weighted by Gasteiger charge is 2.12. The predicted octanol–water partition coefficient (Wildman–Crippen LogP) is 3.72. The van der Waals surface area contributed by atoms with Crippen molar-refractivity contribution >= 4 is 37.8 Å². The van der Waals surface area contributed by atoms with Crippen LogP contribution >= 0.6 is 31.9 Å². The van der Waals surface area contributed by atoms with Crippen LogP contribution in [0, 0.1) is 0 Å². The average molecular weight is 382 g/mol. The molecule has 6 heteroatoms. The fourth-order valence-electron chi connectivity index (χ4n) is 1.27. The maximum atomic E-state index is 10.8. The van der Waals surface area contributed by atoms with Gasteiger partial charge in [0, 0.05) is 6.61 Å². The molecule has 1 rings (SSSR count). The standard InChI is InChI=1S/C12H14Br2O4/c1-2-3-17-4-5-18-11-9(13)6-8(12(15)16)7-10(11)14/h6-7H,2-5H2,1H3,(H,15,16). The number of benzene rings is 1. The summed E-state index contributed by atoms with van der Waals surface area (Å²) in [5.74, 6) is -0.394. The Labute approximate surface area is 123 Å². The van der Waals surface area contributed by atoms with E-state index in [9.17, 15) is 4.79 Å². The van der Waals surface area contributed by atoms with Gasteiger partial charge in [0.15, 0.2) is 0 Å². The predicted molar refractivity (Wildman–Crippen MR) is 75.4 cm³/mol. The van der Waals surface area contributed by atoms with Crippen molar-refractivity contribution in [3.63, 3.8) is 0 Å². The summed E-state index contributed by atoms with van der Waals surface area (Å²) in [5, 5.41) is 8.90. The largest absolute Gasteiger partial charge is 0.489 e. The van der Waals surface area contributed by atoms with E-state index in [0.29, 0.717) is 34.5 Å². The Morgan fingerprint density at radius 3 is 2.33 bits per heavy atom. The fraction of sp³-hybridized carbons (Fsp3) is 0.417. The molecule has 0 heterocycles. The maximum Gasteiger partial charge on any atom is 0.335 e. The first-order valence-electron chi connectivity index (χ1n) is 5.49. The van der Waals surface area contributed by atoms with Crippen molar-refractivity contribution in [3.8, 4) is 5.75 Å². The molecule has 18 heavy (non-hydrogen) atoms. The number of aromatic carboxylic acids is 1. The minimum Gasteiger partial charge on any atom is -0.489 e. The van der Waals surface area contributed by atoms with Gasteiger partial charge < -0.3 is 14.6 Å². The summed E-state index contributed by atoms with van der Waals surface area (Å²) in [6.07, 6.45) is 0.973. The number of ether oxygens (including phenoxy) is 2. The van der Waals surface area contributed by atoms with Crippen LogP contribution in [0.15, 0.2) is 21.1 Å². The van der Waals surface area contributed by atoms with Crippen LogP contribution in [0.5, 0.6) is 5.75 Å². The first kappa shape index (κ1) is 15.5. The van der Waals surface area contributed by atoms with E-state index in [1.165, 1.54) is 12.1 Å². The number of hydrogen-bond acceptors (Lipinski definition) is 3. The van der Waals surface area contributed by atoms with Crippen molar-refractivity contribution < 1.29 is 19.4 Å². The second kappa shape index (κ2) is 7.76. The molecule has 0 aliphatic carbocycles. The van der Waals surface area contributed by atoms with E-state index in [-0.39, 0.29) is 5.56 Å². The number of carboxylic acids is 1. The van der Waals surface area contributed by atoms with Crippen molar-refractivity contribution in [2.45, 2.75) is 13.3 Å². The number of carboxylic acid groups (broad SMARTS) is 1. The number of carbonyl (C=O) groups is 1. The average Bonchev–Trinajstić information content (AvgIpc) is 2.31. The van der Waals surface area contributed by atoms with Crippen LogP contribution in [0.3, 0.4) is 0 Å². The Morgan fingerprint density at radius 2 is 1.83 bits per heavy atom. The summed E-state index contributed by atoms with van der Waals surface area (Å²) in [5.41, 5.74) is 0.198. The monoisotopic (exact) mass is 380 g/mol. The summed E-state index contributed by atoms with van der Waals surface area (Å²) in [6.45, 7) is 3.68. The summed E-state index contributed by atoms with van der Waals surface area (Å²) in [4.78, 5) is 10.8. The molecule has 0 spiro atoms. The summed E-state index contributed by atoms with van der Waals surface area (Å²) < 4.78 is 12.0. The minimum atomic E-state index is -0.978. The van der Waals surface area contributed by atoms with Crippen molar-refractivity contribution in [3.05, 3.63) is 26.6 Å². The molecular weight excluding hydrogens is 368 g/mol. The molecule has 0 saturated heterocycles. The Morgan fingerprint density at radius 1 is 1.22 bits per heavy atom. The summed E-state index contributed by atoms with van der Waals surface area (Å²) in [6, 6.07) is 3.02. The Balaban J connectivity index is 2.63. The molecule has 0 aliphatic heterocycles. The van der Waals surface area contributed by atoms with Crippen LogP contribution < -0.4 is 4.74 Å². The minimum absolute atomic E-state index is 0.198. The van der Waals surface area contributed by atoms with Gasteiger partial charge >= 0.3 is 5.97 Å². The number of rotatable bonds is 7. The van der Waals surface area contributed by atoms with Crippen molar-refractivity contribution in [1.29, 1.82) is 0 Å². The molecular formula is C12H14Br2O4. The molecule has 0 amide bonds. The van der Waals surface area contributed by atoms with E-state index in [0.717, 1.165) is 6.42 Å². The third kappa shape index (κ3) is 4.59. The van der Waals surface area contributed by atoms with Crippen LogP contribution in [-0.4, -0.2) is 30.9 Å². The van der Waals surface area contributed by atoms with Crippen LogP contribution in [0.2, 0.25) is 0 Å². The molecule has 100 valence electrons. The highest BCUT2D eigenvalue weighted by Crippen LogP contribution is 2.34. The molecule has 4 nitrogen and oxygen atoms in total. The van der Waals surface area contributed by atoms with Crippen molar-refractivity contribution in [2.24, 2.45) is 0 Å². The molecule has 0 unspecified atom stereocenters. The summed E-state index contributed by atoms with van der Waals surface area (Å²) in [7, 11) is 0. The van der Waals surface area contributed by atoms with Gasteiger partial charge in [0.1, 0.15) is 12.4 Å². The Bertz CT molecular complexity index is 398. The lowest BCUT2D eigenvalue weighted by Gasteiger charge is -2.11. The van der Waals surface area contributed by atoms with E-state index < -0.39 is 5.97 Å². The second-order valence-corrected chi connectivity index (χ2v) is 5.24. The smallest absolute Gasteiger partial charge is 0.335 e. The first-order valence-corrected chi connectivity index (χ1v) is 7.07. The molecule has 0 saturated carbocycles. The zero-order valence-electron chi connectivity index (χ0n) is 9.91. The summed E-state index contributed by atoms with van der Waals surface area (Å²) >= 11 is 6.58. The van der Waals surface area contributed by atoms with Gasteiger partial charge in [-0.3, -0.25) is 0 Å². The quantitative estimate of drug-likeness (QED) is 0.731. The lowest BCUT2D eigenvalue weighted by molar-refractivity contribution is 0.0696. The van der Waals surface area contributed by atoms with Gasteiger partial charge in [-0.2, -0.15) is 0 Å². The number of halogens is 2. The third-order valence-corrected chi connectivity index (χ3v) is 3.25. The molecule has 1 N–H and O–H groups in total. The van der Waals surface area contributed by atoms with E-state index in [4.69, 9.17) is 14.6 Å². The first-order chi connectivity index (χ1) is 8.56. The fourth-order valence-corrected chi connectivity index (χ4v) is 2.69.